The minimum atomic E-state index is -0.730. The van der Waals surface area contributed by atoms with E-state index in [1.165, 1.54) is 17.0 Å². The Morgan fingerprint density at radius 3 is 2.81 bits per heavy atom. The molecule has 1 spiro atoms. The number of carbonyl (C=O) groups excluding carboxylic acids is 3. The molecule has 1 saturated heterocycles. The van der Waals surface area contributed by atoms with Gasteiger partial charge in [-0.15, -0.1) is 0 Å². The maximum atomic E-state index is 13.3. The van der Waals surface area contributed by atoms with Crippen molar-refractivity contribution in [2.45, 2.75) is 56.0 Å². The van der Waals surface area contributed by atoms with E-state index < -0.39 is 11.6 Å². The van der Waals surface area contributed by atoms with Crippen LogP contribution in [-0.2, 0) is 9.59 Å². The smallest absolute Gasteiger partial charge is 0.325 e. The summed E-state index contributed by atoms with van der Waals surface area (Å²) in [5, 5.41) is 5.72. The summed E-state index contributed by atoms with van der Waals surface area (Å²) in [6, 6.07) is 6.01. The summed E-state index contributed by atoms with van der Waals surface area (Å²) in [4.78, 5) is 38.0. The zero-order chi connectivity index (χ0) is 18.3. The van der Waals surface area contributed by atoms with Crippen molar-refractivity contribution in [3.05, 3.63) is 35.6 Å². The van der Waals surface area contributed by atoms with Crippen LogP contribution in [0.1, 0.15) is 50.0 Å². The molecule has 1 aromatic rings. The van der Waals surface area contributed by atoms with Gasteiger partial charge in [-0.3, -0.25) is 14.5 Å². The number of urea groups is 1. The van der Waals surface area contributed by atoms with Crippen molar-refractivity contribution in [3.63, 3.8) is 0 Å². The lowest BCUT2D eigenvalue weighted by atomic mass is 9.98. The second-order valence-corrected chi connectivity index (χ2v) is 7.50. The average molecular weight is 359 g/mol. The highest BCUT2D eigenvalue weighted by Crippen LogP contribution is 2.41. The van der Waals surface area contributed by atoms with Crippen molar-refractivity contribution in [2.24, 2.45) is 0 Å². The van der Waals surface area contributed by atoms with Gasteiger partial charge < -0.3 is 10.6 Å². The Labute approximate surface area is 151 Å². The Morgan fingerprint density at radius 1 is 1.31 bits per heavy atom. The molecule has 3 fully saturated rings. The summed E-state index contributed by atoms with van der Waals surface area (Å²) in [5.41, 5.74) is 0.152. The number of benzene rings is 1. The van der Waals surface area contributed by atoms with Crippen LogP contribution in [0.3, 0.4) is 0 Å². The molecular formula is C19H22FN3O3. The minimum Gasteiger partial charge on any atom is -0.353 e. The van der Waals surface area contributed by atoms with Crippen LogP contribution in [0.2, 0.25) is 0 Å². The molecule has 2 aliphatic carbocycles. The topological polar surface area (TPSA) is 78.5 Å². The van der Waals surface area contributed by atoms with E-state index in [0.29, 0.717) is 12.8 Å². The third kappa shape index (κ3) is 3.06. The summed E-state index contributed by atoms with van der Waals surface area (Å²) >= 11 is 0. The molecule has 1 aliphatic heterocycles. The molecule has 1 aromatic carbocycles. The van der Waals surface area contributed by atoms with E-state index in [0.717, 1.165) is 24.8 Å². The van der Waals surface area contributed by atoms with Crippen LogP contribution in [0.15, 0.2) is 24.3 Å². The van der Waals surface area contributed by atoms with Gasteiger partial charge in [0, 0.05) is 24.9 Å². The van der Waals surface area contributed by atoms with Gasteiger partial charge in [-0.2, -0.15) is 0 Å². The molecule has 0 bridgehead atoms. The summed E-state index contributed by atoms with van der Waals surface area (Å²) in [5.74, 6) is -0.536. The van der Waals surface area contributed by atoms with Crippen molar-refractivity contribution in [1.82, 2.24) is 15.5 Å². The van der Waals surface area contributed by atoms with E-state index in [2.05, 4.69) is 10.6 Å². The first-order valence-corrected chi connectivity index (χ1v) is 9.17. The Morgan fingerprint density at radius 2 is 2.08 bits per heavy atom. The number of carbonyl (C=O) groups is 3. The first-order valence-electron chi connectivity index (χ1n) is 9.17. The third-order valence-corrected chi connectivity index (χ3v) is 5.68. The molecule has 2 N–H and O–H groups in total. The summed E-state index contributed by atoms with van der Waals surface area (Å²) in [6.45, 7) is 0.0929. The van der Waals surface area contributed by atoms with Gasteiger partial charge in [0.2, 0.25) is 5.91 Å². The highest BCUT2D eigenvalue weighted by molar-refractivity contribution is 6.07. The van der Waals surface area contributed by atoms with Gasteiger partial charge in [-0.05, 0) is 37.0 Å². The number of rotatable bonds is 5. The number of nitrogens with zero attached hydrogens (tertiary/aromatic N) is 1. The number of halogens is 1. The molecule has 1 heterocycles. The van der Waals surface area contributed by atoms with Gasteiger partial charge in [0.25, 0.3) is 5.91 Å². The quantitative estimate of drug-likeness (QED) is 0.790. The van der Waals surface area contributed by atoms with E-state index >= 15 is 0 Å². The fourth-order valence-corrected chi connectivity index (χ4v) is 4.15. The van der Waals surface area contributed by atoms with Gasteiger partial charge in [-0.25, -0.2) is 9.18 Å². The van der Waals surface area contributed by atoms with Crippen LogP contribution in [0.5, 0.6) is 0 Å². The van der Waals surface area contributed by atoms with E-state index in [-0.39, 0.29) is 42.6 Å². The number of amides is 4. The van der Waals surface area contributed by atoms with Gasteiger partial charge in [0.1, 0.15) is 11.4 Å². The lowest BCUT2D eigenvalue weighted by molar-refractivity contribution is -0.131. The van der Waals surface area contributed by atoms with Crippen molar-refractivity contribution in [1.29, 1.82) is 0 Å². The molecule has 138 valence electrons. The molecule has 4 amide bonds. The van der Waals surface area contributed by atoms with Crippen molar-refractivity contribution in [3.8, 4) is 0 Å². The third-order valence-electron chi connectivity index (χ3n) is 5.68. The molecule has 3 aliphatic rings. The second-order valence-electron chi connectivity index (χ2n) is 7.50. The predicted molar refractivity (Wildman–Crippen MR) is 91.7 cm³/mol. The minimum absolute atomic E-state index is 0.00594. The Balaban J connectivity index is 1.27. The summed E-state index contributed by atoms with van der Waals surface area (Å²) in [6.07, 6.45) is 4.09. The van der Waals surface area contributed by atoms with E-state index in [1.807, 2.05) is 6.07 Å². The molecule has 2 saturated carbocycles. The van der Waals surface area contributed by atoms with Gasteiger partial charge in [0.05, 0.1) is 0 Å². The van der Waals surface area contributed by atoms with Crippen LogP contribution < -0.4 is 10.6 Å². The highest BCUT2D eigenvalue weighted by Gasteiger charge is 2.52. The van der Waals surface area contributed by atoms with E-state index in [9.17, 15) is 18.8 Å². The van der Waals surface area contributed by atoms with Crippen LogP contribution in [0.4, 0.5) is 9.18 Å². The Kier molecular flexibility index (Phi) is 4.17. The maximum absolute atomic E-state index is 13.3. The van der Waals surface area contributed by atoms with Crippen LogP contribution in [0, 0.1) is 5.82 Å². The molecule has 2 unspecified atom stereocenters. The highest BCUT2D eigenvalue weighted by atomic mass is 19.1. The summed E-state index contributed by atoms with van der Waals surface area (Å²) < 4.78 is 13.3. The standard InChI is InChI=1S/C19H22FN3O3/c20-13-5-3-4-12(10-13)14-11-15(14)21-16(24)6-9-23-17(25)19(22-18(23)26)7-1-2-8-19/h3-5,10,14-15H,1-2,6-9,11H2,(H,21,24)(H,22,26). The van der Waals surface area contributed by atoms with Crippen molar-refractivity contribution >= 4 is 17.8 Å². The molecule has 0 aromatic heterocycles. The molecule has 2 atom stereocenters. The van der Waals surface area contributed by atoms with Gasteiger partial charge in [0.15, 0.2) is 0 Å². The number of imide groups is 1. The fourth-order valence-electron chi connectivity index (χ4n) is 4.15. The van der Waals surface area contributed by atoms with Crippen LogP contribution in [-0.4, -0.2) is 40.9 Å². The van der Waals surface area contributed by atoms with E-state index in [4.69, 9.17) is 0 Å². The zero-order valence-electron chi connectivity index (χ0n) is 14.5. The van der Waals surface area contributed by atoms with Crippen LogP contribution in [0.25, 0.3) is 0 Å². The molecule has 7 heteroatoms. The SMILES string of the molecule is O=C(CCN1C(=O)NC2(CCCC2)C1=O)NC1CC1c1cccc(F)c1. The maximum Gasteiger partial charge on any atom is 0.325 e. The monoisotopic (exact) mass is 359 g/mol. The first-order chi connectivity index (χ1) is 12.5. The van der Waals surface area contributed by atoms with Crippen molar-refractivity contribution in [2.75, 3.05) is 6.54 Å². The fraction of sp³-hybridized carbons (Fsp3) is 0.526. The zero-order valence-corrected chi connectivity index (χ0v) is 14.5. The molecule has 26 heavy (non-hydrogen) atoms. The molecule has 4 rings (SSSR count). The number of nitrogens with one attached hydrogen (secondary N) is 2. The van der Waals surface area contributed by atoms with Gasteiger partial charge in [-0.1, -0.05) is 25.0 Å². The molecule has 6 nitrogen and oxygen atoms in total. The average Bonchev–Trinajstić information content (AvgIpc) is 3.12. The lowest BCUT2D eigenvalue weighted by Gasteiger charge is -2.19. The number of hydrogen-bond donors (Lipinski definition) is 2. The predicted octanol–water partition coefficient (Wildman–Crippen LogP) is 2.05. The number of hydrogen-bond acceptors (Lipinski definition) is 3. The Hall–Kier alpha value is -2.44. The Bertz CT molecular complexity index is 760. The molecular weight excluding hydrogens is 337 g/mol. The summed E-state index contributed by atoms with van der Waals surface area (Å²) in [7, 11) is 0. The molecule has 0 radical (unpaired) electrons. The normalized spacial score (nSPS) is 26.3. The van der Waals surface area contributed by atoms with Crippen LogP contribution >= 0.6 is 0 Å². The van der Waals surface area contributed by atoms with Crippen molar-refractivity contribution < 1.29 is 18.8 Å². The van der Waals surface area contributed by atoms with Gasteiger partial charge >= 0.3 is 6.03 Å². The first kappa shape index (κ1) is 17.0. The second kappa shape index (κ2) is 6.37. The lowest BCUT2D eigenvalue weighted by Crippen LogP contribution is -2.44. The van der Waals surface area contributed by atoms with E-state index in [1.54, 1.807) is 6.07 Å². The largest absolute Gasteiger partial charge is 0.353 e.